The van der Waals surface area contributed by atoms with E-state index in [1.165, 1.54) is 35.6 Å². The number of carbonyl (C=O) groups excluding carboxylic acids is 1. The Labute approximate surface area is 148 Å². The van der Waals surface area contributed by atoms with Gasteiger partial charge < -0.3 is 5.32 Å². The highest BCUT2D eigenvalue weighted by molar-refractivity contribution is 7.99. The Kier molecular flexibility index (Phi) is 5.24. The molecule has 0 aliphatic carbocycles. The van der Waals surface area contributed by atoms with Gasteiger partial charge in [0.05, 0.1) is 0 Å². The summed E-state index contributed by atoms with van der Waals surface area (Å²) in [6, 6.07) is 9.46. The number of anilines is 1. The van der Waals surface area contributed by atoms with Gasteiger partial charge in [0, 0.05) is 10.6 Å². The van der Waals surface area contributed by atoms with Crippen molar-refractivity contribution in [1.29, 1.82) is 0 Å². The number of hydrogen-bond donors (Lipinski definition) is 1. The Bertz CT molecular complexity index is 906. The van der Waals surface area contributed by atoms with E-state index in [0.717, 1.165) is 9.36 Å². The van der Waals surface area contributed by atoms with E-state index in [4.69, 9.17) is 0 Å². The Hall–Kier alpha value is -2.53. The number of tetrazole rings is 1. The van der Waals surface area contributed by atoms with Gasteiger partial charge in [0.1, 0.15) is 11.5 Å². The topological polar surface area (TPSA) is 81.8 Å². The standard InChI is InChI=1S/C14H11F2N5O2S2/c15-13(16)25-10-5-3-9(4-6-10)17-11(22)8-20-14(23)21(19-18-20)12-2-1-7-24-12/h1-7,13H,8H2,(H,17,22). The highest BCUT2D eigenvalue weighted by Crippen LogP contribution is 2.26. The molecule has 2 heterocycles. The average molecular weight is 383 g/mol. The lowest BCUT2D eigenvalue weighted by Crippen LogP contribution is -2.29. The van der Waals surface area contributed by atoms with Crippen molar-refractivity contribution in [3.05, 3.63) is 52.3 Å². The fourth-order valence-corrected chi connectivity index (χ4v) is 3.13. The number of nitrogens with zero attached hydrogens (tertiary/aromatic N) is 4. The van der Waals surface area contributed by atoms with Crippen molar-refractivity contribution in [2.24, 2.45) is 0 Å². The molecule has 1 aromatic carbocycles. The molecular formula is C14H11F2N5O2S2. The molecule has 0 spiro atoms. The lowest BCUT2D eigenvalue weighted by atomic mass is 10.3. The lowest BCUT2D eigenvalue weighted by molar-refractivity contribution is -0.117. The zero-order chi connectivity index (χ0) is 17.8. The molecule has 11 heteroatoms. The third kappa shape index (κ3) is 4.31. The molecule has 1 amide bonds. The second-order valence-electron chi connectivity index (χ2n) is 4.73. The molecular weight excluding hydrogens is 372 g/mol. The molecule has 25 heavy (non-hydrogen) atoms. The number of halogens is 2. The van der Waals surface area contributed by atoms with Crippen LogP contribution in [0, 0.1) is 0 Å². The van der Waals surface area contributed by atoms with Crippen molar-refractivity contribution in [1.82, 2.24) is 19.8 Å². The molecule has 0 aliphatic heterocycles. The number of aromatic nitrogens is 4. The summed E-state index contributed by atoms with van der Waals surface area (Å²) in [5.41, 5.74) is -0.0939. The van der Waals surface area contributed by atoms with Gasteiger partial charge in [-0.2, -0.15) is 18.1 Å². The van der Waals surface area contributed by atoms with Crippen molar-refractivity contribution < 1.29 is 13.6 Å². The van der Waals surface area contributed by atoms with Crippen molar-refractivity contribution >= 4 is 34.7 Å². The van der Waals surface area contributed by atoms with Crippen molar-refractivity contribution in [3.63, 3.8) is 0 Å². The van der Waals surface area contributed by atoms with Crippen LogP contribution in [0.15, 0.2) is 51.5 Å². The number of alkyl halides is 2. The first-order valence-electron chi connectivity index (χ1n) is 6.94. The molecule has 0 saturated carbocycles. The van der Waals surface area contributed by atoms with E-state index >= 15 is 0 Å². The minimum absolute atomic E-state index is 0.308. The number of carbonyl (C=O) groups is 1. The van der Waals surface area contributed by atoms with Crippen molar-refractivity contribution in [3.8, 4) is 5.00 Å². The van der Waals surface area contributed by atoms with Crippen LogP contribution in [0.5, 0.6) is 0 Å². The fraction of sp³-hybridized carbons (Fsp3) is 0.143. The van der Waals surface area contributed by atoms with Crippen LogP contribution < -0.4 is 11.0 Å². The first-order chi connectivity index (χ1) is 12.0. The van der Waals surface area contributed by atoms with Crippen LogP contribution in [0.4, 0.5) is 14.5 Å². The first kappa shape index (κ1) is 17.3. The number of nitrogens with one attached hydrogen (secondary N) is 1. The zero-order valence-electron chi connectivity index (χ0n) is 12.5. The summed E-state index contributed by atoms with van der Waals surface area (Å²) in [7, 11) is 0. The summed E-state index contributed by atoms with van der Waals surface area (Å²) in [5, 5.41) is 12.4. The normalized spacial score (nSPS) is 11.0. The van der Waals surface area contributed by atoms with Crippen molar-refractivity contribution in [2.45, 2.75) is 17.2 Å². The molecule has 0 aliphatic rings. The van der Waals surface area contributed by atoms with Gasteiger partial charge >= 0.3 is 5.69 Å². The average Bonchev–Trinajstić information content (AvgIpc) is 3.20. The molecule has 3 aromatic rings. The SMILES string of the molecule is O=C(Cn1nnn(-c2cccs2)c1=O)Nc1ccc(SC(F)F)cc1. The second-order valence-corrected chi connectivity index (χ2v) is 6.72. The highest BCUT2D eigenvalue weighted by atomic mass is 32.2. The lowest BCUT2D eigenvalue weighted by Gasteiger charge is -2.05. The van der Waals surface area contributed by atoms with Crippen LogP contribution in [-0.4, -0.2) is 31.5 Å². The Morgan fingerprint density at radius 1 is 1.24 bits per heavy atom. The van der Waals surface area contributed by atoms with Gasteiger partial charge in [-0.1, -0.05) is 11.8 Å². The molecule has 0 atom stereocenters. The van der Waals surface area contributed by atoms with E-state index in [1.807, 2.05) is 0 Å². The summed E-state index contributed by atoms with van der Waals surface area (Å²) in [5.74, 6) is -2.98. The molecule has 130 valence electrons. The number of thioether (sulfide) groups is 1. The molecule has 0 radical (unpaired) electrons. The van der Waals surface area contributed by atoms with Crippen LogP contribution in [-0.2, 0) is 11.3 Å². The Morgan fingerprint density at radius 2 is 2.00 bits per heavy atom. The third-order valence-corrected chi connectivity index (χ3v) is 4.58. The summed E-state index contributed by atoms with van der Waals surface area (Å²) in [4.78, 5) is 24.6. The van der Waals surface area contributed by atoms with E-state index < -0.39 is 17.4 Å². The monoisotopic (exact) mass is 383 g/mol. The Balaban J connectivity index is 1.64. The van der Waals surface area contributed by atoms with E-state index in [1.54, 1.807) is 17.5 Å². The Morgan fingerprint density at radius 3 is 2.64 bits per heavy atom. The van der Waals surface area contributed by atoms with E-state index in [2.05, 4.69) is 15.7 Å². The number of rotatable bonds is 6. The van der Waals surface area contributed by atoms with Gasteiger partial charge in [0.2, 0.25) is 5.91 Å². The first-order valence-corrected chi connectivity index (χ1v) is 8.70. The molecule has 1 N–H and O–H groups in total. The minimum Gasteiger partial charge on any atom is -0.324 e. The number of benzene rings is 1. The van der Waals surface area contributed by atoms with Crippen LogP contribution in [0.2, 0.25) is 0 Å². The molecule has 2 aromatic heterocycles. The van der Waals surface area contributed by atoms with Crippen LogP contribution in [0.3, 0.4) is 0 Å². The maximum absolute atomic E-state index is 12.3. The molecule has 0 saturated heterocycles. The predicted octanol–water partition coefficient (Wildman–Crippen LogP) is 2.44. The maximum atomic E-state index is 12.3. The summed E-state index contributed by atoms with van der Waals surface area (Å²) < 4.78 is 26.6. The number of amides is 1. The van der Waals surface area contributed by atoms with E-state index in [-0.39, 0.29) is 6.54 Å². The summed E-state index contributed by atoms with van der Waals surface area (Å²) >= 11 is 1.74. The predicted molar refractivity (Wildman–Crippen MR) is 90.4 cm³/mol. The van der Waals surface area contributed by atoms with Gasteiger partial charge in [-0.15, -0.1) is 11.3 Å². The third-order valence-electron chi connectivity index (χ3n) is 3.01. The fourth-order valence-electron chi connectivity index (χ4n) is 1.96. The number of thiophene rings is 1. The van der Waals surface area contributed by atoms with Gasteiger partial charge in [-0.3, -0.25) is 4.79 Å². The van der Waals surface area contributed by atoms with Crippen molar-refractivity contribution in [2.75, 3.05) is 5.32 Å². The van der Waals surface area contributed by atoms with E-state index in [9.17, 15) is 18.4 Å². The maximum Gasteiger partial charge on any atom is 0.369 e. The van der Waals surface area contributed by atoms with Crippen LogP contribution >= 0.6 is 23.1 Å². The molecule has 0 unspecified atom stereocenters. The molecule has 0 bridgehead atoms. The minimum atomic E-state index is -2.50. The van der Waals surface area contributed by atoms with Gasteiger partial charge in [-0.25, -0.2) is 4.79 Å². The quantitative estimate of drug-likeness (QED) is 0.661. The second kappa shape index (κ2) is 7.57. The summed E-state index contributed by atoms with van der Waals surface area (Å²) in [6.07, 6.45) is 0. The molecule has 0 fully saturated rings. The number of hydrogen-bond acceptors (Lipinski definition) is 6. The van der Waals surface area contributed by atoms with Gasteiger partial charge in [0.15, 0.2) is 0 Å². The van der Waals surface area contributed by atoms with Gasteiger partial charge in [0.25, 0.3) is 5.76 Å². The van der Waals surface area contributed by atoms with Crippen LogP contribution in [0.25, 0.3) is 5.00 Å². The zero-order valence-corrected chi connectivity index (χ0v) is 14.1. The van der Waals surface area contributed by atoms with E-state index in [0.29, 0.717) is 27.3 Å². The van der Waals surface area contributed by atoms with Gasteiger partial charge in [-0.05, 0) is 52.2 Å². The highest BCUT2D eigenvalue weighted by Gasteiger charge is 2.13. The summed E-state index contributed by atoms with van der Waals surface area (Å²) in [6.45, 7) is -0.308. The molecule has 3 rings (SSSR count). The van der Waals surface area contributed by atoms with Crippen LogP contribution in [0.1, 0.15) is 0 Å². The molecule has 7 nitrogen and oxygen atoms in total. The largest absolute Gasteiger partial charge is 0.369 e. The smallest absolute Gasteiger partial charge is 0.324 e.